The number of aromatic nitrogens is 1. The molecule has 1 aliphatic rings. The third-order valence-electron chi connectivity index (χ3n) is 6.49. The van der Waals surface area contributed by atoms with Crippen molar-refractivity contribution in [2.75, 3.05) is 13.2 Å². The predicted octanol–water partition coefficient (Wildman–Crippen LogP) is 5.54. The smallest absolute Gasteiger partial charge is 0.338 e. The second-order valence-corrected chi connectivity index (χ2v) is 11.1. The van der Waals surface area contributed by atoms with Crippen molar-refractivity contribution < 1.29 is 19.0 Å². The number of carbonyl (C=O) groups is 1. The molecule has 41 heavy (non-hydrogen) atoms. The highest BCUT2D eigenvalue weighted by molar-refractivity contribution is 9.10. The summed E-state index contributed by atoms with van der Waals surface area (Å²) >= 11 is 4.91. The standard InChI is InChI=1S/C32H29BrN2O5S/c1-4-38-25-17-22(16-24(33)29(25)40-19-21-12-8-6-9-13-21)18-26-30(36)35-28(23-14-10-7-11-15-23)27(31(37)39-5-2)20(3)34-32(35)41-26/h6-18,28H,4-5,19H2,1-3H3/b26-18-/t28-/m0/s1. The Balaban J connectivity index is 1.58. The number of nitrogens with zero attached hydrogens (tertiary/aromatic N) is 2. The number of halogens is 1. The van der Waals surface area contributed by atoms with Gasteiger partial charge in [-0.15, -0.1) is 0 Å². The third kappa shape index (κ3) is 6.06. The fraction of sp³-hybridized carbons (Fsp3) is 0.219. The summed E-state index contributed by atoms with van der Waals surface area (Å²) in [5, 5.41) is 0. The molecule has 0 radical (unpaired) electrons. The summed E-state index contributed by atoms with van der Waals surface area (Å²) in [5.41, 5.74) is 3.26. The Bertz CT molecular complexity index is 1780. The number of ether oxygens (including phenoxy) is 3. The summed E-state index contributed by atoms with van der Waals surface area (Å²) < 4.78 is 20.2. The number of benzene rings is 3. The Labute approximate surface area is 250 Å². The van der Waals surface area contributed by atoms with E-state index in [1.807, 2.05) is 85.8 Å². The predicted molar refractivity (Wildman–Crippen MR) is 163 cm³/mol. The van der Waals surface area contributed by atoms with Crippen molar-refractivity contribution in [1.82, 2.24) is 4.57 Å². The first-order chi connectivity index (χ1) is 19.9. The molecule has 0 spiro atoms. The maximum Gasteiger partial charge on any atom is 0.338 e. The minimum Gasteiger partial charge on any atom is -0.490 e. The average molecular weight is 634 g/mol. The highest BCUT2D eigenvalue weighted by Gasteiger charge is 2.33. The monoisotopic (exact) mass is 632 g/mol. The number of hydrogen-bond donors (Lipinski definition) is 0. The number of fused-ring (bicyclic) bond motifs is 1. The summed E-state index contributed by atoms with van der Waals surface area (Å²) in [4.78, 5) is 32.1. The summed E-state index contributed by atoms with van der Waals surface area (Å²) in [6.45, 7) is 6.51. The molecular formula is C32H29BrN2O5S. The van der Waals surface area contributed by atoms with E-state index < -0.39 is 12.0 Å². The molecule has 0 fully saturated rings. The summed E-state index contributed by atoms with van der Waals surface area (Å²) in [5.74, 6) is 0.681. The fourth-order valence-corrected chi connectivity index (χ4v) is 6.32. The van der Waals surface area contributed by atoms with Gasteiger partial charge < -0.3 is 14.2 Å². The van der Waals surface area contributed by atoms with Gasteiger partial charge >= 0.3 is 5.97 Å². The van der Waals surface area contributed by atoms with Crippen molar-refractivity contribution in [3.8, 4) is 11.5 Å². The maximum atomic E-state index is 13.9. The minimum atomic E-state index is -0.645. The van der Waals surface area contributed by atoms with Crippen LogP contribution in [-0.2, 0) is 16.1 Å². The van der Waals surface area contributed by atoms with Gasteiger partial charge in [0.1, 0.15) is 6.61 Å². The fourth-order valence-electron chi connectivity index (χ4n) is 4.70. The lowest BCUT2D eigenvalue weighted by Crippen LogP contribution is -2.39. The van der Waals surface area contributed by atoms with E-state index in [9.17, 15) is 9.59 Å². The largest absolute Gasteiger partial charge is 0.490 e. The molecule has 1 atom stereocenters. The molecule has 9 heteroatoms. The van der Waals surface area contributed by atoms with Crippen molar-refractivity contribution in [1.29, 1.82) is 0 Å². The molecule has 0 saturated heterocycles. The van der Waals surface area contributed by atoms with Crippen LogP contribution in [0.5, 0.6) is 11.5 Å². The molecule has 3 aromatic carbocycles. The molecule has 1 aromatic heterocycles. The molecule has 2 heterocycles. The number of carbonyl (C=O) groups excluding carboxylic acids is 1. The van der Waals surface area contributed by atoms with Crippen LogP contribution < -0.4 is 24.4 Å². The number of allylic oxidation sites excluding steroid dienone is 1. The van der Waals surface area contributed by atoms with Crippen LogP contribution in [-0.4, -0.2) is 23.8 Å². The van der Waals surface area contributed by atoms with E-state index in [0.717, 1.165) is 16.7 Å². The maximum absolute atomic E-state index is 13.9. The van der Waals surface area contributed by atoms with Crippen LogP contribution >= 0.6 is 27.3 Å². The highest BCUT2D eigenvalue weighted by atomic mass is 79.9. The van der Waals surface area contributed by atoms with E-state index >= 15 is 0 Å². The second-order valence-electron chi connectivity index (χ2n) is 9.25. The van der Waals surface area contributed by atoms with Crippen molar-refractivity contribution >= 4 is 39.3 Å². The number of thiazole rings is 1. The van der Waals surface area contributed by atoms with Gasteiger partial charge in [-0.2, -0.15) is 0 Å². The van der Waals surface area contributed by atoms with Crippen molar-refractivity contribution in [3.05, 3.63) is 125 Å². The van der Waals surface area contributed by atoms with Crippen molar-refractivity contribution in [2.24, 2.45) is 4.99 Å². The lowest BCUT2D eigenvalue weighted by Gasteiger charge is -2.24. The summed E-state index contributed by atoms with van der Waals surface area (Å²) in [7, 11) is 0. The number of esters is 1. The lowest BCUT2D eigenvalue weighted by atomic mass is 9.96. The first kappa shape index (κ1) is 28.6. The Hall–Kier alpha value is -3.95. The lowest BCUT2D eigenvalue weighted by molar-refractivity contribution is -0.139. The first-order valence-corrected chi connectivity index (χ1v) is 14.9. The van der Waals surface area contributed by atoms with Gasteiger partial charge in [0.05, 0.1) is 39.5 Å². The Morgan fingerprint density at radius 1 is 1.02 bits per heavy atom. The van der Waals surface area contributed by atoms with Crippen molar-refractivity contribution in [2.45, 2.75) is 33.4 Å². The van der Waals surface area contributed by atoms with E-state index in [1.165, 1.54) is 11.3 Å². The van der Waals surface area contributed by atoms with E-state index in [-0.39, 0.29) is 12.2 Å². The van der Waals surface area contributed by atoms with Crippen LogP contribution in [0.25, 0.3) is 6.08 Å². The van der Waals surface area contributed by atoms with E-state index in [4.69, 9.17) is 14.2 Å². The number of hydrogen-bond acceptors (Lipinski definition) is 7. The van der Waals surface area contributed by atoms with E-state index in [2.05, 4.69) is 20.9 Å². The average Bonchev–Trinajstić information content (AvgIpc) is 3.27. The van der Waals surface area contributed by atoms with Gasteiger partial charge in [-0.3, -0.25) is 9.36 Å². The SMILES string of the molecule is CCOC(=O)C1=C(C)N=c2s/c(=C\c3cc(Br)c(OCc4ccccc4)c(OCC)c3)c(=O)n2[C@H]1c1ccccc1. The molecule has 0 saturated carbocycles. The van der Waals surface area contributed by atoms with Gasteiger partial charge in [0, 0.05) is 0 Å². The highest BCUT2D eigenvalue weighted by Crippen LogP contribution is 2.38. The second kappa shape index (κ2) is 12.7. The van der Waals surface area contributed by atoms with Crippen LogP contribution in [0.4, 0.5) is 0 Å². The molecule has 4 aromatic rings. The molecule has 0 unspecified atom stereocenters. The molecule has 0 amide bonds. The van der Waals surface area contributed by atoms with Gasteiger partial charge in [-0.05, 0) is 71.6 Å². The van der Waals surface area contributed by atoms with Crippen molar-refractivity contribution in [3.63, 3.8) is 0 Å². The topological polar surface area (TPSA) is 79.1 Å². The summed E-state index contributed by atoms with van der Waals surface area (Å²) in [6, 6.07) is 22.5. The van der Waals surface area contributed by atoms with E-state index in [0.29, 0.717) is 49.8 Å². The normalized spacial score (nSPS) is 14.8. The Morgan fingerprint density at radius 3 is 2.41 bits per heavy atom. The molecule has 7 nitrogen and oxygen atoms in total. The Kier molecular flexibility index (Phi) is 8.85. The van der Waals surface area contributed by atoms with Gasteiger partial charge in [0.25, 0.3) is 5.56 Å². The van der Waals surface area contributed by atoms with Crippen LogP contribution in [0.1, 0.15) is 43.5 Å². The van der Waals surface area contributed by atoms with Gasteiger partial charge in [0.2, 0.25) is 0 Å². The molecule has 210 valence electrons. The van der Waals surface area contributed by atoms with E-state index in [1.54, 1.807) is 18.4 Å². The zero-order valence-corrected chi connectivity index (χ0v) is 25.3. The quantitative estimate of drug-likeness (QED) is 0.226. The summed E-state index contributed by atoms with van der Waals surface area (Å²) in [6.07, 6.45) is 1.81. The molecule has 0 bridgehead atoms. The molecular weight excluding hydrogens is 604 g/mol. The third-order valence-corrected chi connectivity index (χ3v) is 8.06. The molecule has 0 aliphatic carbocycles. The van der Waals surface area contributed by atoms with Crippen LogP contribution in [0.2, 0.25) is 0 Å². The zero-order chi connectivity index (χ0) is 28.9. The van der Waals surface area contributed by atoms with Crippen LogP contribution in [0, 0.1) is 0 Å². The number of rotatable bonds is 9. The zero-order valence-electron chi connectivity index (χ0n) is 22.9. The van der Waals surface area contributed by atoms with Gasteiger partial charge in [-0.25, -0.2) is 9.79 Å². The van der Waals surface area contributed by atoms with Gasteiger partial charge in [-0.1, -0.05) is 72.0 Å². The first-order valence-electron chi connectivity index (χ1n) is 13.3. The minimum absolute atomic E-state index is 0.226. The van der Waals surface area contributed by atoms with Crippen LogP contribution in [0.3, 0.4) is 0 Å². The molecule has 0 N–H and O–H groups in total. The Morgan fingerprint density at radius 2 is 1.73 bits per heavy atom. The molecule has 1 aliphatic heterocycles. The molecule has 5 rings (SSSR count). The van der Waals surface area contributed by atoms with Crippen LogP contribution in [0.15, 0.2) is 98.3 Å². The van der Waals surface area contributed by atoms with Gasteiger partial charge in [0.15, 0.2) is 16.3 Å².